The lowest BCUT2D eigenvalue weighted by molar-refractivity contribution is -0.143. The lowest BCUT2D eigenvalue weighted by atomic mass is 10.0. The molecule has 7 nitrogen and oxygen atoms in total. The summed E-state index contributed by atoms with van der Waals surface area (Å²) in [6.45, 7) is 6.09. The molecule has 132 valence electrons. The molecule has 0 spiro atoms. The fourth-order valence-electron chi connectivity index (χ4n) is 2.59. The van der Waals surface area contributed by atoms with Crippen LogP contribution in [0.4, 0.5) is 0 Å². The fraction of sp³-hybridized carbons (Fsp3) is 0.625. The van der Waals surface area contributed by atoms with Crippen molar-refractivity contribution in [1.29, 1.82) is 0 Å². The maximum absolute atomic E-state index is 11.4. The molecule has 8 heteroatoms. The molecule has 1 aromatic heterocycles. The third-order valence-corrected chi connectivity index (χ3v) is 4.83. The van der Waals surface area contributed by atoms with Crippen molar-refractivity contribution in [3.8, 4) is 0 Å². The molecule has 1 atom stereocenters. The Morgan fingerprint density at radius 3 is 3.12 bits per heavy atom. The third kappa shape index (κ3) is 5.76. The second kappa shape index (κ2) is 9.58. The number of piperidine rings is 1. The van der Waals surface area contributed by atoms with Crippen LogP contribution in [0.25, 0.3) is 6.08 Å². The Kier molecular flexibility index (Phi) is 7.45. The Morgan fingerprint density at radius 2 is 2.38 bits per heavy atom. The van der Waals surface area contributed by atoms with Crippen LogP contribution in [-0.2, 0) is 20.9 Å². The zero-order chi connectivity index (χ0) is 17.4. The van der Waals surface area contributed by atoms with Crippen molar-refractivity contribution in [2.75, 3.05) is 19.7 Å². The monoisotopic (exact) mass is 352 g/mol. The van der Waals surface area contributed by atoms with Gasteiger partial charge in [-0.2, -0.15) is 0 Å². The Labute approximate surface area is 146 Å². The highest BCUT2D eigenvalue weighted by Crippen LogP contribution is 2.26. The number of aryl methyl sites for hydroxylation is 1. The summed E-state index contributed by atoms with van der Waals surface area (Å²) in [4.78, 5) is 22.8. The number of esters is 1. The Bertz CT molecular complexity index is 600. The van der Waals surface area contributed by atoms with E-state index in [1.54, 1.807) is 24.7 Å². The number of rotatable bonds is 7. The van der Waals surface area contributed by atoms with Gasteiger partial charge >= 0.3 is 5.97 Å². The van der Waals surface area contributed by atoms with Gasteiger partial charge in [0, 0.05) is 31.7 Å². The summed E-state index contributed by atoms with van der Waals surface area (Å²) in [5, 5.41) is 11.7. The van der Waals surface area contributed by atoms with Crippen LogP contribution >= 0.6 is 11.8 Å². The van der Waals surface area contributed by atoms with Crippen LogP contribution in [0.2, 0.25) is 0 Å². The van der Waals surface area contributed by atoms with E-state index in [4.69, 9.17) is 4.74 Å². The van der Waals surface area contributed by atoms with Crippen LogP contribution in [0.5, 0.6) is 0 Å². The molecule has 1 N–H and O–H groups in total. The largest absolute Gasteiger partial charge is 0.466 e. The molecule has 0 amide bonds. The van der Waals surface area contributed by atoms with Gasteiger partial charge in [0.1, 0.15) is 0 Å². The summed E-state index contributed by atoms with van der Waals surface area (Å²) in [6, 6.07) is 0. The first-order valence-corrected chi connectivity index (χ1v) is 9.10. The molecule has 24 heavy (non-hydrogen) atoms. The Balaban J connectivity index is 1.99. The summed E-state index contributed by atoms with van der Waals surface area (Å²) in [7, 11) is 0. The Morgan fingerprint density at radius 1 is 1.54 bits per heavy atom. The molecular weight excluding hydrogens is 328 g/mol. The van der Waals surface area contributed by atoms with Gasteiger partial charge in [0.25, 0.3) is 0 Å². The normalized spacial score (nSPS) is 19.4. The second-order valence-corrected chi connectivity index (χ2v) is 6.95. The van der Waals surface area contributed by atoms with Crippen molar-refractivity contribution in [1.82, 2.24) is 20.3 Å². The van der Waals surface area contributed by atoms with Crippen LogP contribution in [0.3, 0.4) is 0 Å². The van der Waals surface area contributed by atoms with Crippen LogP contribution in [0.1, 0.15) is 38.8 Å². The predicted octanol–water partition coefficient (Wildman–Crippen LogP) is 1.65. The fourth-order valence-corrected chi connectivity index (χ4v) is 3.53. The number of aromatic nitrogens is 3. The average Bonchev–Trinajstić information content (AvgIpc) is 2.96. The van der Waals surface area contributed by atoms with Gasteiger partial charge in [0.15, 0.2) is 5.12 Å². The number of hydrogen-bond acceptors (Lipinski definition) is 7. The van der Waals surface area contributed by atoms with Crippen molar-refractivity contribution >= 4 is 28.9 Å². The van der Waals surface area contributed by atoms with Gasteiger partial charge in [-0.15, -0.1) is 5.10 Å². The predicted molar refractivity (Wildman–Crippen MR) is 93.4 cm³/mol. The minimum atomic E-state index is -0.188. The molecule has 0 radical (unpaired) electrons. The Hall–Kier alpha value is -1.67. The van der Waals surface area contributed by atoms with Crippen molar-refractivity contribution in [3.63, 3.8) is 0 Å². The van der Waals surface area contributed by atoms with E-state index >= 15 is 0 Å². The molecule has 1 aliphatic rings. The number of nitrogens with zero attached hydrogens (tertiary/aromatic N) is 3. The number of thioether (sulfide) groups is 1. The second-order valence-electron chi connectivity index (χ2n) is 5.57. The van der Waals surface area contributed by atoms with Gasteiger partial charge in [0.05, 0.1) is 18.5 Å². The molecule has 1 aromatic rings. The molecule has 1 fully saturated rings. The first-order valence-electron chi connectivity index (χ1n) is 8.22. The molecule has 1 aliphatic heterocycles. The van der Waals surface area contributed by atoms with E-state index in [0.717, 1.165) is 25.2 Å². The summed E-state index contributed by atoms with van der Waals surface area (Å²) in [6.07, 6.45) is 5.72. The standard InChI is InChI=1S/C16H24N4O3S/c1-3-23-16(22)5-4-8-20-14(11-18-19-20)9-13-10-17-7-6-15(13)24-12(2)21/h9,11,15,17H,3-8,10H2,1-2H3. The van der Waals surface area contributed by atoms with Crippen molar-refractivity contribution in [2.45, 2.75) is 44.9 Å². The minimum absolute atomic E-state index is 0.133. The minimum Gasteiger partial charge on any atom is -0.466 e. The van der Waals surface area contributed by atoms with Gasteiger partial charge in [-0.1, -0.05) is 17.0 Å². The molecule has 0 aromatic carbocycles. The van der Waals surface area contributed by atoms with Gasteiger partial charge < -0.3 is 10.1 Å². The molecule has 1 saturated heterocycles. The lowest BCUT2D eigenvalue weighted by Crippen LogP contribution is -2.32. The zero-order valence-corrected chi connectivity index (χ0v) is 15.0. The van der Waals surface area contributed by atoms with Gasteiger partial charge in [-0.3, -0.25) is 9.59 Å². The number of carbonyl (C=O) groups excluding carboxylic acids is 2. The first kappa shape index (κ1) is 18.7. The lowest BCUT2D eigenvalue weighted by Gasteiger charge is -2.24. The molecule has 1 unspecified atom stereocenters. The molecule has 2 rings (SSSR count). The van der Waals surface area contributed by atoms with Gasteiger partial charge in [0.2, 0.25) is 0 Å². The maximum Gasteiger partial charge on any atom is 0.305 e. The third-order valence-electron chi connectivity index (χ3n) is 3.67. The topological polar surface area (TPSA) is 86.1 Å². The van der Waals surface area contributed by atoms with Gasteiger partial charge in [-0.25, -0.2) is 4.68 Å². The number of ether oxygens (including phenoxy) is 1. The quantitative estimate of drug-likeness (QED) is 0.747. The number of nitrogens with one attached hydrogen (secondary N) is 1. The smallest absolute Gasteiger partial charge is 0.305 e. The molecular formula is C16H24N4O3S. The highest BCUT2D eigenvalue weighted by molar-refractivity contribution is 8.14. The number of carbonyl (C=O) groups is 2. The first-order chi connectivity index (χ1) is 11.6. The van der Waals surface area contributed by atoms with Crippen molar-refractivity contribution in [3.05, 3.63) is 17.5 Å². The summed E-state index contributed by atoms with van der Waals surface area (Å²) >= 11 is 1.38. The van der Waals surface area contributed by atoms with Crippen LogP contribution in [-0.4, -0.2) is 51.0 Å². The zero-order valence-electron chi connectivity index (χ0n) is 14.2. The summed E-state index contributed by atoms with van der Waals surface area (Å²) < 4.78 is 6.71. The van der Waals surface area contributed by atoms with Crippen LogP contribution in [0, 0.1) is 0 Å². The van der Waals surface area contributed by atoms with E-state index in [0.29, 0.717) is 26.0 Å². The molecule has 0 aliphatic carbocycles. The van der Waals surface area contributed by atoms with Gasteiger partial charge in [-0.05, 0) is 38.0 Å². The van der Waals surface area contributed by atoms with Crippen molar-refractivity contribution in [2.24, 2.45) is 0 Å². The molecule has 0 bridgehead atoms. The highest BCUT2D eigenvalue weighted by Gasteiger charge is 2.21. The summed E-state index contributed by atoms with van der Waals surface area (Å²) in [5.41, 5.74) is 2.07. The van der Waals surface area contributed by atoms with E-state index < -0.39 is 0 Å². The van der Waals surface area contributed by atoms with E-state index in [1.165, 1.54) is 17.3 Å². The van der Waals surface area contributed by atoms with E-state index in [9.17, 15) is 9.59 Å². The van der Waals surface area contributed by atoms with E-state index in [2.05, 4.69) is 21.7 Å². The highest BCUT2D eigenvalue weighted by atomic mass is 32.2. The maximum atomic E-state index is 11.4. The van der Waals surface area contributed by atoms with Crippen LogP contribution in [0.15, 0.2) is 11.8 Å². The summed E-state index contributed by atoms with van der Waals surface area (Å²) in [5.74, 6) is -0.188. The molecule has 0 saturated carbocycles. The van der Waals surface area contributed by atoms with Crippen molar-refractivity contribution < 1.29 is 14.3 Å². The SMILES string of the molecule is CCOC(=O)CCCn1nncc1C=C1CNCCC1SC(C)=O. The van der Waals surface area contributed by atoms with Crippen LogP contribution < -0.4 is 5.32 Å². The number of hydrogen-bond donors (Lipinski definition) is 1. The van der Waals surface area contributed by atoms with E-state index in [-0.39, 0.29) is 16.3 Å². The van der Waals surface area contributed by atoms with E-state index in [1.807, 2.05) is 0 Å². The molecule has 2 heterocycles. The average molecular weight is 352 g/mol.